The smallest absolute Gasteiger partial charge is 0.416 e. The van der Waals surface area contributed by atoms with Crippen molar-refractivity contribution in [2.24, 2.45) is 0 Å². The molecular weight excluding hydrogens is 385 g/mol. The van der Waals surface area contributed by atoms with Gasteiger partial charge in [-0.05, 0) is 48.5 Å². The van der Waals surface area contributed by atoms with E-state index >= 15 is 0 Å². The van der Waals surface area contributed by atoms with Crippen molar-refractivity contribution in [1.29, 1.82) is 0 Å². The van der Waals surface area contributed by atoms with Gasteiger partial charge < -0.3 is 9.72 Å². The van der Waals surface area contributed by atoms with Gasteiger partial charge in [-0.2, -0.15) is 13.2 Å². The molecule has 2 aromatic heterocycles. The zero-order valence-electron chi connectivity index (χ0n) is 14.7. The van der Waals surface area contributed by atoms with Crippen molar-refractivity contribution in [3.8, 4) is 11.5 Å². The maximum absolute atomic E-state index is 12.8. The summed E-state index contributed by atoms with van der Waals surface area (Å²) in [5, 5.41) is 2.54. The SMILES string of the molecule is O=C(Nc1nc2ccc(C(F)(F)F)cc2[nH]1)c1cccc(Oc2cccnc2)c1. The molecule has 0 saturated heterocycles. The first-order chi connectivity index (χ1) is 13.9. The molecule has 0 aliphatic carbocycles. The van der Waals surface area contributed by atoms with Crippen molar-refractivity contribution in [3.05, 3.63) is 78.1 Å². The summed E-state index contributed by atoms with van der Waals surface area (Å²) in [6.45, 7) is 0. The average Bonchev–Trinajstić information content (AvgIpc) is 3.09. The Morgan fingerprint density at radius 3 is 2.62 bits per heavy atom. The van der Waals surface area contributed by atoms with E-state index in [9.17, 15) is 18.0 Å². The number of rotatable bonds is 4. The zero-order valence-corrected chi connectivity index (χ0v) is 14.7. The number of carbonyl (C=O) groups excluding carboxylic acids is 1. The Labute approximate surface area is 162 Å². The standard InChI is InChI=1S/C20H13F3N4O2/c21-20(22,23)13-6-7-16-17(10-13)26-19(25-16)27-18(28)12-3-1-4-14(9-12)29-15-5-2-8-24-11-15/h1-11H,(H2,25,26,27,28). The average molecular weight is 398 g/mol. The van der Waals surface area contributed by atoms with Crippen LogP contribution in [0.2, 0.25) is 0 Å². The molecule has 146 valence electrons. The lowest BCUT2D eigenvalue weighted by molar-refractivity contribution is -0.137. The molecule has 0 fully saturated rings. The molecule has 0 spiro atoms. The van der Waals surface area contributed by atoms with Crippen LogP contribution in [0.3, 0.4) is 0 Å². The molecule has 0 saturated carbocycles. The van der Waals surface area contributed by atoms with Crippen LogP contribution in [0.15, 0.2) is 67.0 Å². The summed E-state index contributed by atoms with van der Waals surface area (Å²) in [4.78, 5) is 23.2. The number of ether oxygens (including phenoxy) is 1. The number of carbonyl (C=O) groups is 1. The van der Waals surface area contributed by atoms with Crippen LogP contribution in [0.4, 0.5) is 19.1 Å². The number of halogens is 3. The number of amides is 1. The number of aromatic amines is 1. The molecule has 0 aliphatic rings. The number of nitrogens with one attached hydrogen (secondary N) is 2. The first kappa shape index (κ1) is 18.5. The molecule has 1 amide bonds. The van der Waals surface area contributed by atoms with E-state index in [0.717, 1.165) is 12.1 Å². The highest BCUT2D eigenvalue weighted by molar-refractivity contribution is 6.04. The number of pyridine rings is 1. The number of nitrogens with zero attached hydrogens (tertiary/aromatic N) is 2. The molecule has 0 unspecified atom stereocenters. The molecule has 0 radical (unpaired) electrons. The molecule has 4 aromatic rings. The predicted molar refractivity (Wildman–Crippen MR) is 99.8 cm³/mol. The summed E-state index contributed by atoms with van der Waals surface area (Å²) in [6.07, 6.45) is -1.31. The van der Waals surface area contributed by atoms with Gasteiger partial charge >= 0.3 is 6.18 Å². The summed E-state index contributed by atoms with van der Waals surface area (Å²) in [7, 11) is 0. The molecule has 2 aromatic carbocycles. The Balaban J connectivity index is 1.52. The van der Waals surface area contributed by atoms with E-state index < -0.39 is 17.6 Å². The van der Waals surface area contributed by atoms with E-state index in [-0.39, 0.29) is 11.5 Å². The second-order valence-electron chi connectivity index (χ2n) is 6.09. The van der Waals surface area contributed by atoms with E-state index in [1.807, 2.05) is 0 Å². The van der Waals surface area contributed by atoms with Crippen LogP contribution in [0.25, 0.3) is 11.0 Å². The maximum atomic E-state index is 12.8. The fraction of sp³-hybridized carbons (Fsp3) is 0.0500. The number of hydrogen-bond acceptors (Lipinski definition) is 4. The van der Waals surface area contributed by atoms with Crippen molar-refractivity contribution in [3.63, 3.8) is 0 Å². The second-order valence-corrected chi connectivity index (χ2v) is 6.09. The third-order valence-corrected chi connectivity index (χ3v) is 4.01. The number of H-pyrrole nitrogens is 1. The highest BCUT2D eigenvalue weighted by Crippen LogP contribution is 2.31. The van der Waals surface area contributed by atoms with Gasteiger partial charge in [0, 0.05) is 11.8 Å². The van der Waals surface area contributed by atoms with Gasteiger partial charge in [0.15, 0.2) is 0 Å². The summed E-state index contributed by atoms with van der Waals surface area (Å²) >= 11 is 0. The van der Waals surface area contributed by atoms with Gasteiger partial charge in [-0.3, -0.25) is 15.1 Å². The van der Waals surface area contributed by atoms with E-state index in [1.165, 1.54) is 18.3 Å². The van der Waals surface area contributed by atoms with Crippen molar-refractivity contribution in [2.45, 2.75) is 6.18 Å². The number of benzene rings is 2. The number of hydrogen-bond donors (Lipinski definition) is 2. The molecule has 0 bridgehead atoms. The van der Waals surface area contributed by atoms with Gasteiger partial charge in [-0.1, -0.05) is 6.07 Å². The van der Waals surface area contributed by atoms with Crippen molar-refractivity contribution in [1.82, 2.24) is 15.0 Å². The van der Waals surface area contributed by atoms with Crippen molar-refractivity contribution >= 4 is 22.9 Å². The quantitative estimate of drug-likeness (QED) is 0.506. The van der Waals surface area contributed by atoms with Gasteiger partial charge in [0.1, 0.15) is 11.5 Å². The highest BCUT2D eigenvalue weighted by atomic mass is 19.4. The molecule has 0 atom stereocenters. The first-order valence-electron chi connectivity index (χ1n) is 8.45. The Bertz CT molecular complexity index is 1170. The molecule has 2 heterocycles. The lowest BCUT2D eigenvalue weighted by atomic mass is 10.2. The van der Waals surface area contributed by atoms with E-state index in [1.54, 1.807) is 36.5 Å². The fourth-order valence-electron chi connectivity index (χ4n) is 2.67. The van der Waals surface area contributed by atoms with Crippen LogP contribution >= 0.6 is 0 Å². The molecule has 6 nitrogen and oxygen atoms in total. The largest absolute Gasteiger partial charge is 0.456 e. The number of imidazole rings is 1. The minimum absolute atomic E-state index is 0.0444. The van der Waals surface area contributed by atoms with E-state index in [4.69, 9.17) is 4.74 Å². The van der Waals surface area contributed by atoms with Gasteiger partial charge in [0.2, 0.25) is 5.95 Å². The third-order valence-electron chi connectivity index (χ3n) is 4.01. The second kappa shape index (κ2) is 7.27. The van der Waals surface area contributed by atoms with Crippen LogP contribution in [-0.4, -0.2) is 20.9 Å². The van der Waals surface area contributed by atoms with Gasteiger partial charge in [0.05, 0.1) is 22.8 Å². The van der Waals surface area contributed by atoms with E-state index in [0.29, 0.717) is 22.6 Å². The number of fused-ring (bicyclic) bond motifs is 1. The van der Waals surface area contributed by atoms with Crippen molar-refractivity contribution < 1.29 is 22.7 Å². The Kier molecular flexibility index (Phi) is 4.63. The molecule has 4 rings (SSSR count). The number of alkyl halides is 3. The summed E-state index contributed by atoms with van der Waals surface area (Å²) in [5.41, 5.74) is -0.0275. The van der Waals surface area contributed by atoms with Gasteiger partial charge in [-0.25, -0.2) is 4.98 Å². The molecule has 0 aliphatic heterocycles. The molecular formula is C20H13F3N4O2. The Morgan fingerprint density at radius 1 is 1.03 bits per heavy atom. The molecule has 2 N–H and O–H groups in total. The zero-order chi connectivity index (χ0) is 20.4. The first-order valence-corrected chi connectivity index (χ1v) is 8.45. The van der Waals surface area contributed by atoms with Crippen LogP contribution in [0.1, 0.15) is 15.9 Å². The highest BCUT2D eigenvalue weighted by Gasteiger charge is 2.30. The fourth-order valence-corrected chi connectivity index (χ4v) is 2.67. The van der Waals surface area contributed by atoms with Gasteiger partial charge in [0.25, 0.3) is 5.91 Å². The molecule has 29 heavy (non-hydrogen) atoms. The van der Waals surface area contributed by atoms with Crippen LogP contribution in [0.5, 0.6) is 11.5 Å². The molecule has 9 heteroatoms. The van der Waals surface area contributed by atoms with Crippen LogP contribution < -0.4 is 10.1 Å². The topological polar surface area (TPSA) is 79.9 Å². The lowest BCUT2D eigenvalue weighted by Gasteiger charge is -2.07. The summed E-state index contributed by atoms with van der Waals surface area (Å²) < 4.78 is 44.1. The summed E-state index contributed by atoms with van der Waals surface area (Å²) in [6, 6.07) is 13.0. The van der Waals surface area contributed by atoms with Crippen LogP contribution in [-0.2, 0) is 6.18 Å². The lowest BCUT2D eigenvalue weighted by Crippen LogP contribution is -2.12. The Hall–Kier alpha value is -3.88. The monoisotopic (exact) mass is 398 g/mol. The van der Waals surface area contributed by atoms with Gasteiger partial charge in [-0.15, -0.1) is 0 Å². The van der Waals surface area contributed by atoms with Crippen LogP contribution in [0, 0.1) is 0 Å². The van der Waals surface area contributed by atoms with Crippen molar-refractivity contribution in [2.75, 3.05) is 5.32 Å². The maximum Gasteiger partial charge on any atom is 0.416 e. The predicted octanol–water partition coefficient (Wildman–Crippen LogP) is 5.02. The minimum Gasteiger partial charge on any atom is -0.456 e. The Morgan fingerprint density at radius 2 is 1.86 bits per heavy atom. The van der Waals surface area contributed by atoms with E-state index in [2.05, 4.69) is 20.3 Å². The number of anilines is 1. The number of aromatic nitrogens is 3. The minimum atomic E-state index is -4.46. The normalized spacial score (nSPS) is 11.4. The third kappa shape index (κ3) is 4.18. The summed E-state index contributed by atoms with van der Waals surface area (Å²) in [5.74, 6) is 0.507.